The normalized spacial score (nSPS) is 13.1. The van der Waals surface area contributed by atoms with Crippen molar-refractivity contribution < 1.29 is 27.4 Å². The second-order valence-corrected chi connectivity index (χ2v) is 9.01. The van der Waals surface area contributed by atoms with E-state index < -0.39 is 10.0 Å². The molecule has 2 aromatic carbocycles. The molecule has 2 aromatic rings. The smallest absolute Gasteiger partial charge is 0.306 e. The van der Waals surface area contributed by atoms with Crippen molar-refractivity contribution in [2.24, 2.45) is 0 Å². The lowest BCUT2D eigenvalue weighted by Gasteiger charge is -2.18. The van der Waals surface area contributed by atoms with E-state index in [9.17, 15) is 13.2 Å². The average Bonchev–Trinajstić information content (AvgIpc) is 2.74. The van der Waals surface area contributed by atoms with Crippen molar-refractivity contribution in [1.82, 2.24) is 4.72 Å². The maximum atomic E-state index is 12.4. The Hall–Kier alpha value is -2.29. The zero-order chi connectivity index (χ0) is 21.4. The summed E-state index contributed by atoms with van der Waals surface area (Å²) in [5, 5.41) is 0.599. The number of sulfonamides is 1. The molecular weight excluding hydrogens is 430 g/mol. The van der Waals surface area contributed by atoms with Crippen LogP contribution in [0, 0.1) is 0 Å². The van der Waals surface area contributed by atoms with Crippen LogP contribution in [0.3, 0.4) is 0 Å². The van der Waals surface area contributed by atoms with Crippen molar-refractivity contribution in [3.05, 3.63) is 53.1 Å². The molecule has 1 heterocycles. The van der Waals surface area contributed by atoms with Crippen LogP contribution in [0.2, 0.25) is 5.02 Å². The molecule has 0 atom stereocenters. The lowest BCUT2D eigenvalue weighted by atomic mass is 10.2. The summed E-state index contributed by atoms with van der Waals surface area (Å²) in [6.45, 7) is 1.32. The minimum absolute atomic E-state index is 0.136. The van der Waals surface area contributed by atoms with Crippen molar-refractivity contribution in [2.75, 3.05) is 19.8 Å². The monoisotopic (exact) mass is 453 g/mol. The topological polar surface area (TPSA) is 90.9 Å². The maximum absolute atomic E-state index is 12.4. The SMILES string of the molecule is O=C(CCCCCNS(=O)(=O)c1ccc2c(c1)OCCO2)OCc1cccc(Cl)c1. The summed E-state index contributed by atoms with van der Waals surface area (Å²) >= 11 is 5.89. The van der Waals surface area contributed by atoms with Crippen LogP contribution in [0.25, 0.3) is 0 Å². The fraction of sp³-hybridized carbons (Fsp3) is 0.381. The highest BCUT2D eigenvalue weighted by Gasteiger charge is 2.18. The van der Waals surface area contributed by atoms with Gasteiger partial charge in [0.15, 0.2) is 11.5 Å². The van der Waals surface area contributed by atoms with E-state index >= 15 is 0 Å². The Bertz CT molecular complexity index is 979. The van der Waals surface area contributed by atoms with Gasteiger partial charge in [-0.05, 0) is 42.7 Å². The fourth-order valence-corrected chi connectivity index (χ4v) is 4.22. The van der Waals surface area contributed by atoms with Crippen LogP contribution in [-0.4, -0.2) is 34.1 Å². The van der Waals surface area contributed by atoms with Gasteiger partial charge in [0.05, 0.1) is 4.90 Å². The van der Waals surface area contributed by atoms with Crippen molar-refractivity contribution in [1.29, 1.82) is 0 Å². The number of nitrogens with one attached hydrogen (secondary N) is 1. The summed E-state index contributed by atoms with van der Waals surface area (Å²) in [7, 11) is -3.63. The van der Waals surface area contributed by atoms with E-state index in [1.54, 1.807) is 24.3 Å². The Balaban J connectivity index is 1.33. The standard InChI is InChI=1S/C21H24ClNO6S/c22-17-6-4-5-16(13-17)15-29-21(24)7-2-1-3-10-23-30(25,26)18-8-9-19-20(14-18)28-12-11-27-19/h4-6,8-9,13-14,23H,1-3,7,10-12,15H2. The van der Waals surface area contributed by atoms with Gasteiger partial charge in [-0.25, -0.2) is 13.1 Å². The first-order valence-electron chi connectivity index (χ1n) is 9.73. The van der Waals surface area contributed by atoms with E-state index in [0.29, 0.717) is 49.0 Å². The molecule has 9 heteroatoms. The van der Waals surface area contributed by atoms with E-state index in [1.807, 2.05) is 6.07 Å². The van der Waals surface area contributed by atoms with Crippen molar-refractivity contribution >= 4 is 27.6 Å². The third-order valence-electron chi connectivity index (χ3n) is 4.46. The number of hydrogen-bond acceptors (Lipinski definition) is 6. The predicted molar refractivity (Wildman–Crippen MR) is 112 cm³/mol. The summed E-state index contributed by atoms with van der Waals surface area (Å²) in [4.78, 5) is 11.9. The first kappa shape index (κ1) is 22.4. The van der Waals surface area contributed by atoms with Gasteiger partial charge in [-0.2, -0.15) is 0 Å². The highest BCUT2D eigenvalue weighted by atomic mass is 35.5. The van der Waals surface area contributed by atoms with Gasteiger partial charge in [-0.1, -0.05) is 30.2 Å². The molecule has 0 aromatic heterocycles. The van der Waals surface area contributed by atoms with Gasteiger partial charge in [0, 0.05) is 24.1 Å². The zero-order valence-corrected chi connectivity index (χ0v) is 18.0. The van der Waals surface area contributed by atoms with Crippen LogP contribution in [-0.2, 0) is 26.2 Å². The van der Waals surface area contributed by atoms with Crippen LogP contribution in [0.5, 0.6) is 11.5 Å². The summed E-state index contributed by atoms with van der Waals surface area (Å²) in [5.74, 6) is 0.690. The number of hydrogen-bond donors (Lipinski definition) is 1. The third kappa shape index (κ3) is 6.62. The molecule has 3 rings (SSSR count). The zero-order valence-electron chi connectivity index (χ0n) is 16.4. The average molecular weight is 454 g/mol. The number of ether oxygens (including phenoxy) is 3. The summed E-state index contributed by atoms with van der Waals surface area (Å²) in [6.07, 6.45) is 2.23. The first-order chi connectivity index (χ1) is 14.4. The molecule has 162 valence electrons. The Morgan fingerprint density at radius 3 is 2.63 bits per heavy atom. The van der Waals surface area contributed by atoms with Crippen molar-refractivity contribution in [2.45, 2.75) is 37.2 Å². The molecule has 7 nitrogen and oxygen atoms in total. The first-order valence-corrected chi connectivity index (χ1v) is 11.6. The molecule has 0 bridgehead atoms. The van der Waals surface area contributed by atoms with Gasteiger partial charge in [0.25, 0.3) is 0 Å². The molecule has 0 amide bonds. The van der Waals surface area contributed by atoms with Gasteiger partial charge in [-0.15, -0.1) is 0 Å². The molecule has 0 saturated heterocycles. The number of benzene rings is 2. The molecule has 30 heavy (non-hydrogen) atoms. The van der Waals surface area contributed by atoms with Gasteiger partial charge in [-0.3, -0.25) is 4.79 Å². The number of carbonyl (C=O) groups is 1. The number of rotatable bonds is 10. The highest BCUT2D eigenvalue weighted by molar-refractivity contribution is 7.89. The number of esters is 1. The molecule has 0 unspecified atom stereocenters. The van der Waals surface area contributed by atoms with Crippen molar-refractivity contribution in [3.63, 3.8) is 0 Å². The molecule has 0 radical (unpaired) electrons. The molecular formula is C21H24ClNO6S. The van der Waals surface area contributed by atoms with Crippen LogP contribution in [0.15, 0.2) is 47.4 Å². The molecule has 1 N–H and O–H groups in total. The van der Waals surface area contributed by atoms with Gasteiger partial charge in [0.1, 0.15) is 19.8 Å². The molecule has 0 fully saturated rings. The molecule has 0 aliphatic carbocycles. The summed E-state index contributed by atoms with van der Waals surface area (Å²) in [5.41, 5.74) is 0.837. The number of fused-ring (bicyclic) bond motifs is 1. The predicted octanol–water partition coefficient (Wildman–Crippen LogP) is 3.69. The minimum Gasteiger partial charge on any atom is -0.486 e. The lowest BCUT2D eigenvalue weighted by Crippen LogP contribution is -2.25. The van der Waals surface area contributed by atoms with Crippen LogP contribution in [0.1, 0.15) is 31.2 Å². The van der Waals surface area contributed by atoms with Crippen LogP contribution >= 0.6 is 11.6 Å². The van der Waals surface area contributed by atoms with E-state index in [4.69, 9.17) is 25.8 Å². The Morgan fingerprint density at radius 2 is 1.83 bits per heavy atom. The number of halogens is 1. The summed E-state index contributed by atoms with van der Waals surface area (Å²) < 4.78 is 43.4. The minimum atomic E-state index is -3.63. The quantitative estimate of drug-likeness (QED) is 0.435. The molecule has 0 saturated carbocycles. The van der Waals surface area contributed by atoms with E-state index in [1.165, 1.54) is 12.1 Å². The fourth-order valence-electron chi connectivity index (χ4n) is 2.91. The second kappa shape index (κ2) is 10.7. The Morgan fingerprint density at radius 1 is 1.03 bits per heavy atom. The van der Waals surface area contributed by atoms with Gasteiger partial charge in [0.2, 0.25) is 10.0 Å². The molecule has 0 spiro atoms. The molecule has 1 aliphatic heterocycles. The second-order valence-electron chi connectivity index (χ2n) is 6.80. The molecule has 1 aliphatic rings. The summed E-state index contributed by atoms with van der Waals surface area (Å²) in [6, 6.07) is 11.7. The highest BCUT2D eigenvalue weighted by Crippen LogP contribution is 2.32. The third-order valence-corrected chi connectivity index (χ3v) is 6.16. The Kier molecular flexibility index (Phi) is 7.95. The van der Waals surface area contributed by atoms with Gasteiger partial charge >= 0.3 is 5.97 Å². The van der Waals surface area contributed by atoms with E-state index in [2.05, 4.69) is 4.72 Å². The lowest BCUT2D eigenvalue weighted by molar-refractivity contribution is -0.145. The maximum Gasteiger partial charge on any atom is 0.306 e. The largest absolute Gasteiger partial charge is 0.486 e. The van der Waals surface area contributed by atoms with E-state index in [0.717, 1.165) is 5.56 Å². The van der Waals surface area contributed by atoms with Gasteiger partial charge < -0.3 is 14.2 Å². The van der Waals surface area contributed by atoms with E-state index in [-0.39, 0.29) is 30.4 Å². The van der Waals surface area contributed by atoms with Crippen LogP contribution < -0.4 is 14.2 Å². The number of carbonyl (C=O) groups excluding carboxylic acids is 1. The van der Waals surface area contributed by atoms with Crippen molar-refractivity contribution in [3.8, 4) is 11.5 Å². The van der Waals surface area contributed by atoms with Crippen LogP contribution in [0.4, 0.5) is 0 Å². The Labute approximate surface area is 181 Å². The number of unbranched alkanes of at least 4 members (excludes halogenated alkanes) is 2.